The maximum absolute atomic E-state index is 8.60. The molecule has 1 aromatic rings. The number of rotatable bonds is 5. The van der Waals surface area contributed by atoms with Crippen molar-refractivity contribution in [2.45, 2.75) is 26.7 Å². The molecule has 0 atom stereocenters. The van der Waals surface area contributed by atoms with E-state index in [1.54, 1.807) is 0 Å². The van der Waals surface area contributed by atoms with Crippen LogP contribution in [-0.4, -0.2) is 28.1 Å². The Bertz CT molecular complexity index is 295. The van der Waals surface area contributed by atoms with Gasteiger partial charge in [-0.25, -0.2) is 0 Å². The van der Waals surface area contributed by atoms with Crippen LogP contribution < -0.4 is 4.74 Å². The van der Waals surface area contributed by atoms with Gasteiger partial charge in [0.15, 0.2) is 5.75 Å². The molecule has 0 spiro atoms. The normalized spacial score (nSPS) is 10.6. The number of aromatic nitrogens is 2. The SMILES string of the molecule is Cc1nn(C)c(C)c1OCCCCO. The third kappa shape index (κ3) is 2.48. The molecule has 0 fully saturated rings. The van der Waals surface area contributed by atoms with Crippen molar-refractivity contribution < 1.29 is 9.84 Å². The van der Waals surface area contributed by atoms with E-state index in [1.165, 1.54) is 0 Å². The highest BCUT2D eigenvalue weighted by Gasteiger charge is 2.09. The first-order chi connectivity index (χ1) is 6.66. The molecule has 14 heavy (non-hydrogen) atoms. The van der Waals surface area contributed by atoms with E-state index < -0.39 is 0 Å². The number of aryl methyl sites for hydroxylation is 2. The fraction of sp³-hybridized carbons (Fsp3) is 0.700. The minimum absolute atomic E-state index is 0.231. The van der Waals surface area contributed by atoms with E-state index in [9.17, 15) is 0 Å². The number of aliphatic hydroxyl groups excluding tert-OH is 1. The lowest BCUT2D eigenvalue weighted by atomic mass is 10.3. The molecule has 0 saturated heterocycles. The van der Waals surface area contributed by atoms with Crippen molar-refractivity contribution in [1.29, 1.82) is 0 Å². The molecule has 0 bridgehead atoms. The van der Waals surface area contributed by atoms with Crippen LogP contribution in [0.3, 0.4) is 0 Å². The summed E-state index contributed by atoms with van der Waals surface area (Å²) in [4.78, 5) is 0. The molecule has 0 amide bonds. The highest BCUT2D eigenvalue weighted by Crippen LogP contribution is 2.21. The van der Waals surface area contributed by atoms with E-state index in [-0.39, 0.29) is 6.61 Å². The number of hydrogen-bond acceptors (Lipinski definition) is 3. The van der Waals surface area contributed by atoms with E-state index in [1.807, 2.05) is 25.6 Å². The maximum Gasteiger partial charge on any atom is 0.162 e. The Labute approximate surface area is 84.5 Å². The summed E-state index contributed by atoms with van der Waals surface area (Å²) in [5.74, 6) is 0.880. The number of nitrogens with zero attached hydrogens (tertiary/aromatic N) is 2. The van der Waals surface area contributed by atoms with Crippen LogP contribution in [0.25, 0.3) is 0 Å². The summed E-state index contributed by atoms with van der Waals surface area (Å²) in [5.41, 5.74) is 1.97. The molecule has 0 aliphatic carbocycles. The summed E-state index contributed by atoms with van der Waals surface area (Å²) in [7, 11) is 1.91. The average Bonchev–Trinajstić information content (AvgIpc) is 2.38. The summed E-state index contributed by atoms with van der Waals surface area (Å²) < 4.78 is 7.41. The molecule has 4 nitrogen and oxygen atoms in total. The standard InChI is InChI=1S/C10H18N2O2/c1-8-10(9(2)12(3)11-8)14-7-5-4-6-13/h13H,4-7H2,1-3H3. The Morgan fingerprint density at radius 2 is 2.07 bits per heavy atom. The Morgan fingerprint density at radius 3 is 2.57 bits per heavy atom. The van der Waals surface area contributed by atoms with Gasteiger partial charge >= 0.3 is 0 Å². The van der Waals surface area contributed by atoms with Gasteiger partial charge in [0.25, 0.3) is 0 Å². The molecular formula is C10H18N2O2. The van der Waals surface area contributed by atoms with Gasteiger partial charge in [-0.05, 0) is 26.7 Å². The summed E-state index contributed by atoms with van der Waals surface area (Å²) >= 11 is 0. The topological polar surface area (TPSA) is 47.3 Å². The summed E-state index contributed by atoms with van der Waals surface area (Å²) in [6.45, 7) is 4.80. The Balaban J connectivity index is 2.49. The minimum Gasteiger partial charge on any atom is -0.490 e. The second-order valence-electron chi connectivity index (χ2n) is 3.40. The molecule has 1 heterocycles. The minimum atomic E-state index is 0.231. The zero-order valence-electron chi connectivity index (χ0n) is 9.08. The third-order valence-corrected chi connectivity index (χ3v) is 2.24. The number of hydrogen-bond donors (Lipinski definition) is 1. The molecule has 4 heteroatoms. The predicted octanol–water partition coefficient (Wildman–Crippen LogP) is 1.19. The van der Waals surface area contributed by atoms with Gasteiger partial charge in [-0.1, -0.05) is 0 Å². The third-order valence-electron chi connectivity index (χ3n) is 2.24. The molecule has 0 aliphatic rings. The second-order valence-corrected chi connectivity index (χ2v) is 3.40. The van der Waals surface area contributed by atoms with Crippen molar-refractivity contribution in [3.05, 3.63) is 11.4 Å². The van der Waals surface area contributed by atoms with E-state index in [4.69, 9.17) is 9.84 Å². The lowest BCUT2D eigenvalue weighted by molar-refractivity contribution is 0.252. The van der Waals surface area contributed by atoms with Crippen molar-refractivity contribution >= 4 is 0 Å². The molecule has 0 aliphatic heterocycles. The van der Waals surface area contributed by atoms with Gasteiger partial charge in [0, 0.05) is 13.7 Å². The van der Waals surface area contributed by atoms with Crippen molar-refractivity contribution in [1.82, 2.24) is 9.78 Å². The van der Waals surface area contributed by atoms with E-state index in [0.717, 1.165) is 30.0 Å². The first kappa shape index (κ1) is 11.0. The van der Waals surface area contributed by atoms with Crippen LogP contribution in [0.5, 0.6) is 5.75 Å². The lowest BCUT2D eigenvalue weighted by Crippen LogP contribution is -2.00. The smallest absolute Gasteiger partial charge is 0.162 e. The molecule has 0 unspecified atom stereocenters. The zero-order chi connectivity index (χ0) is 10.6. The fourth-order valence-corrected chi connectivity index (χ4v) is 1.35. The summed E-state index contributed by atoms with van der Waals surface area (Å²) in [5, 5.41) is 12.9. The maximum atomic E-state index is 8.60. The average molecular weight is 198 g/mol. The highest BCUT2D eigenvalue weighted by molar-refractivity contribution is 5.31. The van der Waals surface area contributed by atoms with Gasteiger partial charge in [-0.15, -0.1) is 0 Å². The molecule has 0 aromatic carbocycles. The van der Waals surface area contributed by atoms with E-state index in [0.29, 0.717) is 6.61 Å². The Hall–Kier alpha value is -1.03. The van der Waals surface area contributed by atoms with Crippen molar-refractivity contribution in [3.63, 3.8) is 0 Å². The molecule has 0 saturated carbocycles. The van der Waals surface area contributed by atoms with Crippen LogP contribution in [0.1, 0.15) is 24.2 Å². The predicted molar refractivity (Wildman–Crippen MR) is 54.5 cm³/mol. The van der Waals surface area contributed by atoms with Gasteiger partial charge < -0.3 is 9.84 Å². The van der Waals surface area contributed by atoms with Crippen LogP contribution in [0, 0.1) is 13.8 Å². The zero-order valence-corrected chi connectivity index (χ0v) is 9.08. The van der Waals surface area contributed by atoms with Crippen molar-refractivity contribution in [3.8, 4) is 5.75 Å². The summed E-state index contributed by atoms with van der Waals surface area (Å²) in [6.07, 6.45) is 1.67. The fourth-order valence-electron chi connectivity index (χ4n) is 1.35. The molecule has 1 aromatic heterocycles. The Morgan fingerprint density at radius 1 is 1.36 bits per heavy atom. The first-order valence-electron chi connectivity index (χ1n) is 4.90. The molecule has 0 radical (unpaired) electrons. The van der Waals surface area contributed by atoms with Crippen LogP contribution in [-0.2, 0) is 7.05 Å². The van der Waals surface area contributed by atoms with Crippen molar-refractivity contribution in [2.75, 3.05) is 13.2 Å². The quantitative estimate of drug-likeness (QED) is 0.723. The van der Waals surface area contributed by atoms with Crippen LogP contribution in [0.15, 0.2) is 0 Å². The van der Waals surface area contributed by atoms with E-state index >= 15 is 0 Å². The van der Waals surface area contributed by atoms with Crippen LogP contribution in [0.2, 0.25) is 0 Å². The number of ether oxygens (including phenoxy) is 1. The second kappa shape index (κ2) is 5.00. The van der Waals surface area contributed by atoms with Crippen molar-refractivity contribution in [2.24, 2.45) is 7.05 Å². The van der Waals surface area contributed by atoms with Gasteiger partial charge in [-0.3, -0.25) is 4.68 Å². The van der Waals surface area contributed by atoms with Crippen LogP contribution in [0.4, 0.5) is 0 Å². The highest BCUT2D eigenvalue weighted by atomic mass is 16.5. The number of unbranched alkanes of at least 4 members (excludes halogenated alkanes) is 1. The van der Waals surface area contributed by atoms with Gasteiger partial charge in [0.1, 0.15) is 5.69 Å². The van der Waals surface area contributed by atoms with Gasteiger partial charge in [0.2, 0.25) is 0 Å². The molecule has 1 N–H and O–H groups in total. The van der Waals surface area contributed by atoms with Gasteiger partial charge in [-0.2, -0.15) is 5.10 Å². The molecule has 1 rings (SSSR count). The molecular weight excluding hydrogens is 180 g/mol. The largest absolute Gasteiger partial charge is 0.490 e. The lowest BCUT2D eigenvalue weighted by Gasteiger charge is -2.05. The van der Waals surface area contributed by atoms with E-state index in [2.05, 4.69) is 5.10 Å². The Kier molecular flexibility index (Phi) is 3.95. The number of aliphatic hydroxyl groups is 1. The first-order valence-corrected chi connectivity index (χ1v) is 4.90. The monoisotopic (exact) mass is 198 g/mol. The van der Waals surface area contributed by atoms with Crippen LogP contribution >= 0.6 is 0 Å². The van der Waals surface area contributed by atoms with Gasteiger partial charge in [0.05, 0.1) is 12.3 Å². The molecule has 80 valence electrons. The summed E-state index contributed by atoms with van der Waals surface area (Å²) in [6, 6.07) is 0.